The van der Waals surface area contributed by atoms with Gasteiger partial charge in [-0.05, 0) is 164 Å². The SMILES string of the molecule is CCOCCn1c(NC2CCN(C(=O)OCC)CC2)nc2cnccc21.CCOCCn1c(NC2CCN(C(=O)OCC)CC2)nc2cnccc21.CCOCCn1c(NC2CCN(C(=O)OCC)CC2)nc2cnccc21.CCOCCn1c(NC2CCN(C(=O)OCC)CC2)nc2cnccc21.CCOCCn1c(NC2CCN(C(=O)OCC)CC2)nc2cnccc21.O=C(O)C(=O)O.O=C(O)C(=O)O. The molecular formula is C94H139N25O23. The minimum absolute atomic E-state index is 0.221. The molecule has 0 radical (unpaired) electrons. The van der Waals surface area contributed by atoms with Crippen LogP contribution in [-0.2, 0) is 99.3 Å². The third-order valence-electron chi connectivity index (χ3n) is 23.2. The lowest BCUT2D eigenvalue weighted by Crippen LogP contribution is -2.43. The number of nitrogens with zero attached hydrogens (tertiary/aromatic N) is 20. The number of piperidine rings is 5. The second-order valence-electron chi connectivity index (χ2n) is 32.5. The number of nitrogens with one attached hydrogen (secondary N) is 5. The van der Waals surface area contributed by atoms with Crippen LogP contribution in [-0.4, -0.2) is 367 Å². The van der Waals surface area contributed by atoms with E-state index in [1.807, 2.05) is 99.6 Å². The number of rotatable bonds is 35. The standard InChI is InChI=1S/5C18H27N5O3.2C2H2O4/c5*1-3-25-12-11-23-16-5-8-19-13-15(16)21-17(23)20-14-6-9-22(10-7-14)18(24)26-4-2;2*3-1(4)2(5)6/h5*5,8,13-14H,3-4,6-7,9-12H2,1-2H3,(H,20,21);2*(H,3,4)(H,5,6). The Labute approximate surface area is 823 Å². The number of carbonyl (C=O) groups excluding carboxylic acids is 5. The average Bonchev–Trinajstić information content (AvgIpc) is 1.67. The summed E-state index contributed by atoms with van der Waals surface area (Å²) in [6.07, 6.45) is 25.4. The lowest BCUT2D eigenvalue weighted by Gasteiger charge is -2.31. The number of amides is 5. The van der Waals surface area contributed by atoms with Gasteiger partial charge in [0.1, 0.15) is 27.6 Å². The fraction of sp³-hybridized carbons (Fsp3) is 0.585. The molecule has 15 heterocycles. The Morgan fingerprint density at radius 1 is 0.261 bits per heavy atom. The molecule has 10 aromatic rings. The number of carbonyl (C=O) groups is 9. The minimum atomic E-state index is -1.82. The monoisotopic (exact) mass is 1990 g/mol. The molecule has 10 aromatic heterocycles. The minimum Gasteiger partial charge on any atom is -0.473 e. The largest absolute Gasteiger partial charge is 0.473 e. The van der Waals surface area contributed by atoms with Crippen molar-refractivity contribution in [2.75, 3.05) is 191 Å². The molecule has 5 aliphatic heterocycles. The number of ether oxygens (including phenoxy) is 10. The van der Waals surface area contributed by atoms with Crippen LogP contribution in [0.3, 0.4) is 0 Å². The first-order valence-corrected chi connectivity index (χ1v) is 48.6. The van der Waals surface area contributed by atoms with Gasteiger partial charge in [-0.25, -0.2) is 68.1 Å². The van der Waals surface area contributed by atoms with Gasteiger partial charge in [0.05, 0.1) is 125 Å². The third-order valence-corrected chi connectivity index (χ3v) is 23.2. The lowest BCUT2D eigenvalue weighted by molar-refractivity contribution is -0.159. The van der Waals surface area contributed by atoms with Gasteiger partial charge in [-0.1, -0.05) is 0 Å². The number of carboxylic acid groups (broad SMARTS) is 4. The van der Waals surface area contributed by atoms with E-state index in [2.05, 4.69) is 74.3 Å². The number of anilines is 5. The summed E-state index contributed by atoms with van der Waals surface area (Å²) in [5, 5.41) is 47.3. The molecule has 0 saturated carbocycles. The molecule has 15 rings (SSSR count). The Kier molecular flexibility index (Phi) is 47.5. The van der Waals surface area contributed by atoms with E-state index in [4.69, 9.17) is 112 Å². The van der Waals surface area contributed by atoms with Crippen molar-refractivity contribution >= 4 is 139 Å². The summed E-state index contributed by atoms with van der Waals surface area (Å²) >= 11 is 0. The van der Waals surface area contributed by atoms with Crippen LogP contribution in [0.1, 0.15) is 133 Å². The second-order valence-corrected chi connectivity index (χ2v) is 32.5. The fourth-order valence-electron chi connectivity index (χ4n) is 16.1. The summed E-state index contributed by atoms with van der Waals surface area (Å²) in [5.74, 6) is -3.12. The predicted molar refractivity (Wildman–Crippen MR) is 527 cm³/mol. The molecule has 142 heavy (non-hydrogen) atoms. The van der Waals surface area contributed by atoms with Crippen molar-refractivity contribution in [2.24, 2.45) is 0 Å². The summed E-state index contributed by atoms with van der Waals surface area (Å²) in [5.41, 5.74) is 9.59. The number of hydrogen-bond donors (Lipinski definition) is 9. The fourth-order valence-corrected chi connectivity index (χ4v) is 16.1. The zero-order valence-corrected chi connectivity index (χ0v) is 82.8. The molecule has 0 bridgehead atoms. The van der Waals surface area contributed by atoms with E-state index in [9.17, 15) is 24.0 Å². The summed E-state index contributed by atoms with van der Waals surface area (Å²) < 4.78 is 63.7. The number of carboxylic acids is 4. The zero-order valence-electron chi connectivity index (χ0n) is 82.8. The van der Waals surface area contributed by atoms with E-state index in [1.165, 1.54) is 0 Å². The average molecular weight is 1990 g/mol. The number of pyridine rings is 5. The first-order valence-electron chi connectivity index (χ1n) is 48.6. The van der Waals surface area contributed by atoms with Gasteiger partial charge in [0.2, 0.25) is 29.7 Å². The molecule has 5 saturated heterocycles. The van der Waals surface area contributed by atoms with Crippen LogP contribution in [0.4, 0.5) is 53.7 Å². The molecule has 778 valence electrons. The van der Waals surface area contributed by atoms with Gasteiger partial charge in [0.25, 0.3) is 0 Å². The topological polar surface area (TPSA) is 557 Å². The third kappa shape index (κ3) is 34.5. The molecule has 9 N–H and O–H groups in total. The highest BCUT2D eigenvalue weighted by molar-refractivity contribution is 6.28. The van der Waals surface area contributed by atoms with Gasteiger partial charge < -0.3 is 142 Å². The van der Waals surface area contributed by atoms with Crippen molar-refractivity contribution in [3.63, 3.8) is 0 Å². The van der Waals surface area contributed by atoms with Crippen LogP contribution in [0, 0.1) is 0 Å². The van der Waals surface area contributed by atoms with Crippen molar-refractivity contribution in [2.45, 2.75) is 196 Å². The van der Waals surface area contributed by atoms with Crippen LogP contribution >= 0.6 is 0 Å². The first kappa shape index (κ1) is 112. The predicted octanol–water partition coefficient (Wildman–Crippen LogP) is 10.8. The summed E-state index contributed by atoms with van der Waals surface area (Å²) in [7, 11) is 0. The van der Waals surface area contributed by atoms with E-state index in [0.717, 1.165) is 182 Å². The Morgan fingerprint density at radius 2 is 0.415 bits per heavy atom. The highest BCUT2D eigenvalue weighted by atomic mass is 16.6. The van der Waals surface area contributed by atoms with Crippen LogP contribution < -0.4 is 26.6 Å². The second kappa shape index (κ2) is 60.3. The van der Waals surface area contributed by atoms with Gasteiger partial charge in [0.15, 0.2) is 0 Å². The quantitative estimate of drug-likeness (QED) is 0.0101. The molecule has 0 aromatic carbocycles. The number of aromatic nitrogens is 15. The maximum atomic E-state index is 11.8. The maximum absolute atomic E-state index is 11.8. The molecule has 5 fully saturated rings. The highest BCUT2D eigenvalue weighted by Crippen LogP contribution is 2.30. The Morgan fingerprint density at radius 3 is 0.549 bits per heavy atom. The zero-order chi connectivity index (χ0) is 102. The molecular weight excluding hydrogens is 1850 g/mol. The number of likely N-dealkylation sites (tertiary alicyclic amines) is 5. The van der Waals surface area contributed by atoms with Gasteiger partial charge in [-0.3, -0.25) is 24.9 Å². The Bertz CT molecular complexity index is 4770. The van der Waals surface area contributed by atoms with E-state index >= 15 is 0 Å². The molecule has 0 unspecified atom stereocenters. The van der Waals surface area contributed by atoms with Crippen molar-refractivity contribution in [1.82, 2.24) is 97.2 Å². The van der Waals surface area contributed by atoms with Crippen LogP contribution in [0.5, 0.6) is 0 Å². The summed E-state index contributed by atoms with van der Waals surface area (Å²) in [6, 6.07) is 11.2. The molecule has 48 heteroatoms. The van der Waals surface area contributed by atoms with Crippen molar-refractivity contribution in [3.05, 3.63) is 92.3 Å². The molecule has 5 amide bonds. The number of hydrogen-bond acceptors (Lipinski definition) is 34. The van der Waals surface area contributed by atoms with Gasteiger partial charge in [-0.2, -0.15) is 0 Å². The van der Waals surface area contributed by atoms with Gasteiger partial charge >= 0.3 is 54.3 Å². The first-order chi connectivity index (χ1) is 68.9. The molecule has 48 nitrogen and oxygen atoms in total. The van der Waals surface area contributed by atoms with E-state index in [-0.39, 0.29) is 60.7 Å². The summed E-state index contributed by atoms with van der Waals surface area (Å²) in [4.78, 5) is 149. The molecule has 0 aliphatic carbocycles. The van der Waals surface area contributed by atoms with E-state index in [1.54, 1.807) is 86.5 Å². The number of imidazole rings is 5. The normalized spacial score (nSPS) is 14.7. The molecule has 5 aliphatic rings. The van der Waals surface area contributed by atoms with Crippen molar-refractivity contribution in [3.8, 4) is 0 Å². The van der Waals surface area contributed by atoms with Crippen LogP contribution in [0.2, 0.25) is 0 Å². The van der Waals surface area contributed by atoms with Crippen LogP contribution in [0.15, 0.2) is 92.3 Å². The lowest BCUT2D eigenvalue weighted by atomic mass is 10.1. The summed E-state index contributed by atoms with van der Waals surface area (Å²) in [6.45, 7) is 38.4. The van der Waals surface area contributed by atoms with Gasteiger partial charge in [-0.15, -0.1) is 0 Å². The van der Waals surface area contributed by atoms with Crippen molar-refractivity contribution < 1.29 is 111 Å². The van der Waals surface area contributed by atoms with E-state index in [0.29, 0.717) is 165 Å². The van der Waals surface area contributed by atoms with Crippen LogP contribution in [0.25, 0.3) is 55.2 Å². The smallest absolute Gasteiger partial charge is 0.414 e. The van der Waals surface area contributed by atoms with Crippen molar-refractivity contribution in [1.29, 1.82) is 0 Å². The highest BCUT2D eigenvalue weighted by Gasteiger charge is 2.32. The maximum Gasteiger partial charge on any atom is 0.414 e. The van der Waals surface area contributed by atoms with E-state index < -0.39 is 23.9 Å². The Hall–Kier alpha value is -13.9. The molecule has 0 atom stereocenters. The van der Waals surface area contributed by atoms with Gasteiger partial charge in [0, 0.05) is 192 Å². The Balaban J connectivity index is 0.000000192. The number of fused-ring (bicyclic) bond motifs is 5. The number of aliphatic carboxylic acids is 4. The molecule has 0 spiro atoms.